The van der Waals surface area contributed by atoms with Gasteiger partial charge in [0, 0.05) is 17.1 Å². The molecule has 0 saturated heterocycles. The molecule has 5 nitrogen and oxygen atoms in total. The zero-order valence-corrected chi connectivity index (χ0v) is 16.8. The number of ether oxygens (including phenoxy) is 2. The molecule has 1 saturated carbocycles. The molecule has 0 aromatic heterocycles. The summed E-state index contributed by atoms with van der Waals surface area (Å²) >= 11 is 0. The van der Waals surface area contributed by atoms with Crippen LogP contribution in [-0.2, 0) is 23.9 Å². The first-order valence-electron chi connectivity index (χ1n) is 9.72. The Kier molecular flexibility index (Phi) is 5.54. The van der Waals surface area contributed by atoms with Crippen LogP contribution in [0.5, 0.6) is 0 Å². The van der Waals surface area contributed by atoms with Crippen LogP contribution in [0.3, 0.4) is 0 Å². The van der Waals surface area contributed by atoms with Crippen molar-refractivity contribution in [2.45, 2.75) is 40.5 Å². The minimum Gasteiger partial charge on any atom is -0.465 e. The molecular formula is C23H26O5. The summed E-state index contributed by atoms with van der Waals surface area (Å²) in [4.78, 5) is 39.0. The van der Waals surface area contributed by atoms with Crippen LogP contribution in [0.1, 0.15) is 46.1 Å². The molecule has 0 heterocycles. The highest BCUT2D eigenvalue weighted by Crippen LogP contribution is 2.57. The summed E-state index contributed by atoms with van der Waals surface area (Å²) in [6, 6.07) is 9.43. The standard InChI is InChI=1S/C23H26O5/c1-5-27-21(25)23(22(26)28-6-2)12-16-17(13-23)19(15-10-8-7-9-11-15)20(24)18(16)14(3)4/h7-11,16H,5-6,12-13H2,1-4H3. The molecule has 0 bridgehead atoms. The SMILES string of the molecule is CCOC(=O)C1(C(=O)OCC)CC2=C(c3ccccc3)C(=O)C(=C(C)C)C2C1. The molecule has 2 aliphatic rings. The van der Waals surface area contributed by atoms with Crippen LogP contribution < -0.4 is 0 Å². The van der Waals surface area contributed by atoms with Crippen LogP contribution in [0.25, 0.3) is 5.57 Å². The molecule has 0 amide bonds. The van der Waals surface area contributed by atoms with Gasteiger partial charge >= 0.3 is 11.9 Å². The number of rotatable bonds is 5. The Bertz CT molecular complexity index is 854. The van der Waals surface area contributed by atoms with E-state index in [0.717, 1.165) is 16.7 Å². The van der Waals surface area contributed by atoms with Crippen molar-refractivity contribution in [2.24, 2.45) is 11.3 Å². The average Bonchev–Trinajstić information content (AvgIpc) is 3.16. The van der Waals surface area contributed by atoms with Crippen molar-refractivity contribution in [2.75, 3.05) is 13.2 Å². The molecule has 1 aromatic rings. The summed E-state index contributed by atoms with van der Waals surface area (Å²) in [5.74, 6) is -1.40. The van der Waals surface area contributed by atoms with Gasteiger partial charge in [-0.1, -0.05) is 35.9 Å². The van der Waals surface area contributed by atoms with Crippen molar-refractivity contribution in [1.82, 2.24) is 0 Å². The first kappa shape index (κ1) is 20.1. The number of carbonyl (C=O) groups is 3. The molecule has 1 unspecified atom stereocenters. The van der Waals surface area contributed by atoms with E-state index in [1.165, 1.54) is 0 Å². The number of hydrogen-bond donors (Lipinski definition) is 0. The number of carbonyl (C=O) groups excluding carboxylic acids is 3. The zero-order valence-electron chi connectivity index (χ0n) is 16.8. The summed E-state index contributed by atoms with van der Waals surface area (Å²) < 4.78 is 10.5. The van der Waals surface area contributed by atoms with Crippen LogP contribution >= 0.6 is 0 Å². The number of ketones is 1. The molecule has 28 heavy (non-hydrogen) atoms. The number of benzene rings is 1. The Hall–Kier alpha value is -2.69. The van der Waals surface area contributed by atoms with Gasteiger partial charge in [-0.3, -0.25) is 14.4 Å². The third-order valence-corrected chi connectivity index (χ3v) is 5.54. The summed E-state index contributed by atoms with van der Waals surface area (Å²) in [7, 11) is 0. The molecule has 1 atom stereocenters. The molecule has 1 fully saturated rings. The summed E-state index contributed by atoms with van der Waals surface area (Å²) in [5.41, 5.74) is 2.46. The Balaban J connectivity index is 2.18. The Morgan fingerprint density at radius 3 is 2.11 bits per heavy atom. The lowest BCUT2D eigenvalue weighted by Gasteiger charge is -2.25. The number of Topliss-reactive ketones (excluding diaryl/α,β-unsaturated/α-hetero) is 1. The van der Waals surface area contributed by atoms with Gasteiger partial charge in [-0.25, -0.2) is 0 Å². The lowest BCUT2D eigenvalue weighted by atomic mass is 9.82. The zero-order chi connectivity index (χ0) is 20.5. The first-order chi connectivity index (χ1) is 13.4. The second-order valence-corrected chi connectivity index (χ2v) is 7.47. The molecule has 0 aliphatic heterocycles. The molecule has 0 N–H and O–H groups in total. The Labute approximate surface area is 165 Å². The van der Waals surface area contributed by atoms with E-state index in [1.807, 2.05) is 44.2 Å². The van der Waals surface area contributed by atoms with Crippen LogP contribution in [0.4, 0.5) is 0 Å². The minimum absolute atomic E-state index is 0.00693. The van der Waals surface area contributed by atoms with Crippen molar-refractivity contribution < 1.29 is 23.9 Å². The summed E-state index contributed by atoms with van der Waals surface area (Å²) in [6.07, 6.45) is 0.366. The normalized spacial score (nSPS) is 20.2. The molecular weight excluding hydrogens is 356 g/mol. The van der Waals surface area contributed by atoms with Crippen molar-refractivity contribution in [3.8, 4) is 0 Å². The molecule has 0 spiro atoms. The van der Waals surface area contributed by atoms with Gasteiger partial charge in [-0.05, 0) is 51.7 Å². The van der Waals surface area contributed by atoms with Crippen LogP contribution in [0.15, 0.2) is 47.1 Å². The van der Waals surface area contributed by atoms with E-state index >= 15 is 0 Å². The third kappa shape index (κ3) is 3.09. The van der Waals surface area contributed by atoms with E-state index in [0.29, 0.717) is 11.1 Å². The topological polar surface area (TPSA) is 69.7 Å². The van der Waals surface area contributed by atoms with Gasteiger partial charge in [0.05, 0.1) is 13.2 Å². The Morgan fingerprint density at radius 1 is 1.04 bits per heavy atom. The van der Waals surface area contributed by atoms with Gasteiger partial charge in [0.2, 0.25) is 0 Å². The largest absolute Gasteiger partial charge is 0.465 e. The monoisotopic (exact) mass is 382 g/mol. The molecule has 0 radical (unpaired) electrons. The lowest BCUT2D eigenvalue weighted by Crippen LogP contribution is -2.40. The van der Waals surface area contributed by atoms with Gasteiger partial charge in [-0.2, -0.15) is 0 Å². The second kappa shape index (κ2) is 7.74. The fourth-order valence-corrected chi connectivity index (χ4v) is 4.40. The first-order valence-corrected chi connectivity index (χ1v) is 9.72. The van der Waals surface area contributed by atoms with E-state index < -0.39 is 17.4 Å². The second-order valence-electron chi connectivity index (χ2n) is 7.47. The van der Waals surface area contributed by atoms with Crippen LogP contribution in [-0.4, -0.2) is 30.9 Å². The van der Waals surface area contributed by atoms with Crippen molar-refractivity contribution in [3.05, 3.63) is 52.6 Å². The molecule has 1 aromatic carbocycles. The van der Waals surface area contributed by atoms with Crippen molar-refractivity contribution >= 4 is 23.3 Å². The Morgan fingerprint density at radius 2 is 1.61 bits per heavy atom. The maximum atomic E-state index is 13.2. The maximum absolute atomic E-state index is 13.2. The average molecular weight is 382 g/mol. The van der Waals surface area contributed by atoms with Gasteiger partial charge < -0.3 is 9.47 Å². The number of fused-ring (bicyclic) bond motifs is 1. The maximum Gasteiger partial charge on any atom is 0.323 e. The predicted molar refractivity (Wildman–Crippen MR) is 105 cm³/mol. The summed E-state index contributed by atoms with van der Waals surface area (Å²) in [6.45, 7) is 7.59. The van der Waals surface area contributed by atoms with E-state index in [4.69, 9.17) is 9.47 Å². The highest BCUT2D eigenvalue weighted by Gasteiger charge is 2.60. The molecule has 5 heteroatoms. The van der Waals surface area contributed by atoms with Crippen molar-refractivity contribution in [1.29, 1.82) is 0 Å². The van der Waals surface area contributed by atoms with E-state index in [2.05, 4.69) is 0 Å². The van der Waals surface area contributed by atoms with Crippen LogP contribution in [0, 0.1) is 11.3 Å². The van der Waals surface area contributed by atoms with E-state index in [-0.39, 0.29) is 37.8 Å². The lowest BCUT2D eigenvalue weighted by molar-refractivity contribution is -0.171. The van der Waals surface area contributed by atoms with Gasteiger partial charge in [0.25, 0.3) is 0 Å². The van der Waals surface area contributed by atoms with E-state index in [1.54, 1.807) is 13.8 Å². The van der Waals surface area contributed by atoms with Gasteiger partial charge in [0.1, 0.15) is 0 Å². The van der Waals surface area contributed by atoms with Crippen molar-refractivity contribution in [3.63, 3.8) is 0 Å². The fraction of sp³-hybridized carbons (Fsp3) is 0.435. The highest BCUT2D eigenvalue weighted by molar-refractivity contribution is 6.33. The molecule has 2 aliphatic carbocycles. The number of esters is 2. The molecule has 148 valence electrons. The predicted octanol–water partition coefficient (Wildman–Crippen LogP) is 3.88. The van der Waals surface area contributed by atoms with E-state index in [9.17, 15) is 14.4 Å². The van der Waals surface area contributed by atoms with Crippen LogP contribution in [0.2, 0.25) is 0 Å². The number of hydrogen-bond acceptors (Lipinski definition) is 5. The van der Waals surface area contributed by atoms with Gasteiger partial charge in [-0.15, -0.1) is 0 Å². The smallest absolute Gasteiger partial charge is 0.323 e. The van der Waals surface area contributed by atoms with Gasteiger partial charge in [0.15, 0.2) is 11.2 Å². The number of allylic oxidation sites excluding steroid dienone is 4. The quantitative estimate of drug-likeness (QED) is 0.439. The highest BCUT2D eigenvalue weighted by atomic mass is 16.6. The fourth-order valence-electron chi connectivity index (χ4n) is 4.40. The molecule has 3 rings (SSSR count). The minimum atomic E-state index is -1.40. The third-order valence-electron chi connectivity index (χ3n) is 5.54. The summed E-state index contributed by atoms with van der Waals surface area (Å²) in [5, 5.41) is 0.